The summed E-state index contributed by atoms with van der Waals surface area (Å²) in [7, 11) is -2.35. The van der Waals surface area contributed by atoms with Crippen LogP contribution in [0.1, 0.15) is 48.2 Å². The Balaban J connectivity index is 1.74. The topological polar surface area (TPSA) is 93.7 Å². The molecule has 1 amide bonds. The third-order valence-corrected chi connectivity index (χ3v) is 6.29. The molecule has 0 bridgehead atoms. The standard InChI is InChI=1S/C22H28N2O5S/c1-15(2)29-14-18-7-5-4-6-17(18)13-23-22(25)16-8-11-20(28-3)21(12-16)30(26,27)24-19-9-10-19/h4-8,11-12,15,19,24H,9-10,13-14H2,1-3H3,(H,23,25). The summed E-state index contributed by atoms with van der Waals surface area (Å²) < 4.78 is 38.8. The van der Waals surface area contributed by atoms with Crippen LogP contribution in [0.15, 0.2) is 47.4 Å². The average Bonchev–Trinajstić information content (AvgIpc) is 3.53. The second-order valence-corrected chi connectivity index (χ2v) is 9.25. The molecule has 0 aromatic heterocycles. The van der Waals surface area contributed by atoms with Gasteiger partial charge in [-0.25, -0.2) is 13.1 Å². The van der Waals surface area contributed by atoms with E-state index in [-0.39, 0.29) is 34.3 Å². The number of sulfonamides is 1. The number of ether oxygens (including phenoxy) is 2. The molecule has 30 heavy (non-hydrogen) atoms. The number of hydrogen-bond donors (Lipinski definition) is 2. The van der Waals surface area contributed by atoms with E-state index in [2.05, 4.69) is 10.0 Å². The van der Waals surface area contributed by atoms with E-state index in [1.165, 1.54) is 19.2 Å². The van der Waals surface area contributed by atoms with E-state index in [0.29, 0.717) is 13.2 Å². The summed E-state index contributed by atoms with van der Waals surface area (Å²) >= 11 is 0. The number of nitrogens with one attached hydrogen (secondary N) is 2. The lowest BCUT2D eigenvalue weighted by Gasteiger charge is -2.14. The second kappa shape index (κ2) is 9.59. The lowest BCUT2D eigenvalue weighted by Crippen LogP contribution is -2.27. The molecular weight excluding hydrogens is 404 g/mol. The van der Waals surface area contributed by atoms with Crippen molar-refractivity contribution in [1.29, 1.82) is 0 Å². The quantitative estimate of drug-likeness (QED) is 0.602. The molecule has 0 saturated heterocycles. The third-order valence-electron chi connectivity index (χ3n) is 4.74. The van der Waals surface area contributed by atoms with Gasteiger partial charge >= 0.3 is 0 Å². The second-order valence-electron chi connectivity index (χ2n) is 7.57. The van der Waals surface area contributed by atoms with Crippen molar-refractivity contribution in [3.63, 3.8) is 0 Å². The zero-order chi connectivity index (χ0) is 21.7. The van der Waals surface area contributed by atoms with Crippen LogP contribution in [0.5, 0.6) is 5.75 Å². The van der Waals surface area contributed by atoms with E-state index >= 15 is 0 Å². The maximum atomic E-state index is 12.7. The number of hydrogen-bond acceptors (Lipinski definition) is 5. The molecule has 2 aromatic carbocycles. The summed E-state index contributed by atoms with van der Waals surface area (Å²) in [6.07, 6.45) is 1.75. The molecule has 8 heteroatoms. The third kappa shape index (κ3) is 5.81. The fraction of sp³-hybridized carbons (Fsp3) is 0.409. The first-order valence-electron chi connectivity index (χ1n) is 9.97. The molecule has 162 valence electrons. The van der Waals surface area contributed by atoms with Crippen molar-refractivity contribution in [3.05, 3.63) is 59.2 Å². The van der Waals surface area contributed by atoms with Crippen LogP contribution in [-0.2, 0) is 27.9 Å². The predicted octanol–water partition coefficient (Wildman–Crippen LogP) is 2.99. The number of methoxy groups -OCH3 is 1. The molecule has 1 aliphatic rings. The van der Waals surface area contributed by atoms with Gasteiger partial charge in [0.15, 0.2) is 0 Å². The summed E-state index contributed by atoms with van der Waals surface area (Å²) in [4.78, 5) is 12.7. The van der Waals surface area contributed by atoms with Crippen molar-refractivity contribution >= 4 is 15.9 Å². The van der Waals surface area contributed by atoms with Crippen molar-refractivity contribution in [3.8, 4) is 5.75 Å². The van der Waals surface area contributed by atoms with Crippen LogP contribution >= 0.6 is 0 Å². The number of benzene rings is 2. The minimum absolute atomic E-state index is 0.0321. The number of carbonyl (C=O) groups excluding carboxylic acids is 1. The minimum Gasteiger partial charge on any atom is -0.495 e. The molecule has 1 saturated carbocycles. The van der Waals surface area contributed by atoms with E-state index < -0.39 is 10.0 Å². The zero-order valence-electron chi connectivity index (χ0n) is 17.5. The molecule has 3 rings (SSSR count). The summed E-state index contributed by atoms with van der Waals surface area (Å²) in [5.74, 6) is -0.156. The Bertz CT molecular complexity index is 1000. The zero-order valence-corrected chi connectivity index (χ0v) is 18.3. The van der Waals surface area contributed by atoms with Gasteiger partial charge in [-0.2, -0.15) is 0 Å². The highest BCUT2D eigenvalue weighted by Gasteiger charge is 2.30. The summed E-state index contributed by atoms with van der Waals surface area (Å²) in [5.41, 5.74) is 2.20. The van der Waals surface area contributed by atoms with Crippen molar-refractivity contribution < 1.29 is 22.7 Å². The fourth-order valence-corrected chi connectivity index (χ4v) is 4.42. The van der Waals surface area contributed by atoms with Gasteiger partial charge in [0, 0.05) is 18.2 Å². The maximum absolute atomic E-state index is 12.7. The lowest BCUT2D eigenvalue weighted by atomic mass is 10.1. The first-order chi connectivity index (χ1) is 14.3. The van der Waals surface area contributed by atoms with Gasteiger partial charge in [-0.15, -0.1) is 0 Å². The largest absolute Gasteiger partial charge is 0.495 e. The van der Waals surface area contributed by atoms with Gasteiger partial charge in [0.25, 0.3) is 5.91 Å². The van der Waals surface area contributed by atoms with E-state index in [1.807, 2.05) is 38.1 Å². The number of rotatable bonds is 10. The average molecular weight is 433 g/mol. The highest BCUT2D eigenvalue weighted by molar-refractivity contribution is 7.89. The fourth-order valence-electron chi connectivity index (χ4n) is 2.92. The number of carbonyl (C=O) groups is 1. The lowest BCUT2D eigenvalue weighted by molar-refractivity contribution is 0.0651. The molecule has 0 aliphatic heterocycles. The molecule has 2 N–H and O–H groups in total. The monoisotopic (exact) mass is 432 g/mol. The van der Waals surface area contributed by atoms with Gasteiger partial charge in [0.2, 0.25) is 10.0 Å². The summed E-state index contributed by atoms with van der Waals surface area (Å²) in [6, 6.07) is 12.1. The smallest absolute Gasteiger partial charge is 0.251 e. The SMILES string of the molecule is COc1ccc(C(=O)NCc2ccccc2COC(C)C)cc1S(=O)(=O)NC1CC1. The van der Waals surface area contributed by atoms with Gasteiger partial charge in [-0.3, -0.25) is 4.79 Å². The molecule has 0 heterocycles. The van der Waals surface area contributed by atoms with Crippen LogP contribution in [0, 0.1) is 0 Å². The highest BCUT2D eigenvalue weighted by atomic mass is 32.2. The van der Waals surface area contributed by atoms with E-state index in [4.69, 9.17) is 9.47 Å². The Morgan fingerprint density at radius 2 is 1.83 bits per heavy atom. The van der Waals surface area contributed by atoms with E-state index in [0.717, 1.165) is 24.0 Å². The Morgan fingerprint density at radius 1 is 1.13 bits per heavy atom. The molecule has 1 fully saturated rings. The first kappa shape index (κ1) is 22.3. The van der Waals surface area contributed by atoms with Crippen LogP contribution in [0.2, 0.25) is 0 Å². The van der Waals surface area contributed by atoms with E-state index in [1.54, 1.807) is 6.07 Å². The Kier molecular flexibility index (Phi) is 7.12. The van der Waals surface area contributed by atoms with Crippen molar-refractivity contribution in [2.24, 2.45) is 0 Å². The molecule has 7 nitrogen and oxygen atoms in total. The van der Waals surface area contributed by atoms with E-state index in [9.17, 15) is 13.2 Å². The van der Waals surface area contributed by atoms with Crippen molar-refractivity contribution in [1.82, 2.24) is 10.0 Å². The number of amides is 1. The summed E-state index contributed by atoms with van der Waals surface area (Å²) in [6.45, 7) is 4.71. The molecule has 1 aliphatic carbocycles. The van der Waals surface area contributed by atoms with Gasteiger partial charge in [-0.05, 0) is 56.0 Å². The molecule has 0 unspecified atom stereocenters. The molecule has 0 spiro atoms. The van der Waals surface area contributed by atoms with Crippen LogP contribution in [-0.4, -0.2) is 33.6 Å². The molecule has 0 radical (unpaired) electrons. The van der Waals surface area contributed by atoms with Gasteiger partial charge in [-0.1, -0.05) is 24.3 Å². The first-order valence-corrected chi connectivity index (χ1v) is 11.5. The Labute approximate surface area is 177 Å². The van der Waals surface area contributed by atoms with Crippen LogP contribution in [0.25, 0.3) is 0 Å². The van der Waals surface area contributed by atoms with Crippen molar-refractivity contribution in [2.75, 3.05) is 7.11 Å². The molecule has 0 atom stereocenters. The maximum Gasteiger partial charge on any atom is 0.251 e. The van der Waals surface area contributed by atoms with Gasteiger partial charge in [0.05, 0.1) is 19.8 Å². The molecule has 2 aromatic rings. The normalized spacial score (nSPS) is 14.0. The highest BCUT2D eigenvalue weighted by Crippen LogP contribution is 2.28. The van der Waals surface area contributed by atoms with Crippen molar-refractivity contribution in [2.45, 2.75) is 56.9 Å². The van der Waals surface area contributed by atoms with Crippen LogP contribution in [0.3, 0.4) is 0 Å². The van der Waals surface area contributed by atoms with Gasteiger partial charge < -0.3 is 14.8 Å². The minimum atomic E-state index is -3.76. The van der Waals surface area contributed by atoms with Gasteiger partial charge in [0.1, 0.15) is 10.6 Å². The Morgan fingerprint density at radius 3 is 2.47 bits per heavy atom. The van der Waals surface area contributed by atoms with Crippen LogP contribution < -0.4 is 14.8 Å². The molecular formula is C22H28N2O5S. The predicted molar refractivity (Wildman–Crippen MR) is 114 cm³/mol. The van der Waals surface area contributed by atoms with Crippen LogP contribution in [0.4, 0.5) is 0 Å². The Hall–Kier alpha value is -2.42. The summed E-state index contributed by atoms with van der Waals surface area (Å²) in [5, 5.41) is 2.86.